The molecule has 0 atom stereocenters. The molecule has 1 heterocycles. The van der Waals surface area contributed by atoms with Crippen LogP contribution in [0.25, 0.3) is 11.1 Å². The Bertz CT molecular complexity index is 1300. The number of hydrogen-bond acceptors (Lipinski definition) is 3. The molecule has 166 valence electrons. The van der Waals surface area contributed by atoms with Crippen LogP contribution in [0.1, 0.15) is 43.4 Å². The van der Waals surface area contributed by atoms with Crippen molar-refractivity contribution >= 4 is 27.3 Å². The summed E-state index contributed by atoms with van der Waals surface area (Å²) >= 11 is 0. The Morgan fingerprint density at radius 1 is 1.00 bits per heavy atom. The summed E-state index contributed by atoms with van der Waals surface area (Å²) in [6.45, 7) is 7.85. The molecule has 0 unspecified atom stereocenters. The zero-order valence-electron chi connectivity index (χ0n) is 18.8. The number of carbonyl (C=O) groups excluding carboxylic acids is 1. The maximum absolute atomic E-state index is 13.5. The monoisotopic (exact) mass is 448 g/mol. The molecule has 6 heteroatoms. The highest BCUT2D eigenvalue weighted by Gasteiger charge is 2.36. The minimum absolute atomic E-state index is 0.226. The van der Waals surface area contributed by atoms with Gasteiger partial charge in [0.2, 0.25) is 5.91 Å². The molecule has 3 aromatic carbocycles. The number of anilines is 2. The maximum Gasteiger partial charge on any atom is 0.265 e. The molecule has 5 nitrogen and oxygen atoms in total. The molecular weight excluding hydrogens is 420 g/mol. The van der Waals surface area contributed by atoms with Crippen molar-refractivity contribution in [2.24, 2.45) is 0 Å². The summed E-state index contributed by atoms with van der Waals surface area (Å²) in [5.41, 5.74) is 5.89. The van der Waals surface area contributed by atoms with Crippen molar-refractivity contribution in [3.63, 3.8) is 0 Å². The zero-order valence-corrected chi connectivity index (χ0v) is 19.7. The third-order valence-electron chi connectivity index (χ3n) is 5.96. The molecule has 3 aromatic rings. The van der Waals surface area contributed by atoms with Crippen LogP contribution in [0.3, 0.4) is 0 Å². The summed E-state index contributed by atoms with van der Waals surface area (Å²) in [5, 5.41) is 2.98. The van der Waals surface area contributed by atoms with Gasteiger partial charge in [0.25, 0.3) is 10.0 Å². The van der Waals surface area contributed by atoms with Crippen molar-refractivity contribution in [2.75, 3.05) is 16.2 Å². The topological polar surface area (TPSA) is 66.5 Å². The van der Waals surface area contributed by atoms with E-state index >= 15 is 0 Å². The third-order valence-corrected chi connectivity index (χ3v) is 7.78. The van der Waals surface area contributed by atoms with Crippen LogP contribution in [0.4, 0.5) is 11.4 Å². The van der Waals surface area contributed by atoms with Crippen LogP contribution >= 0.6 is 0 Å². The van der Waals surface area contributed by atoms with Gasteiger partial charge in [-0.05, 0) is 54.2 Å². The Kier molecular flexibility index (Phi) is 5.82. The van der Waals surface area contributed by atoms with Crippen LogP contribution in [0.2, 0.25) is 0 Å². The van der Waals surface area contributed by atoms with E-state index in [1.807, 2.05) is 55.5 Å². The summed E-state index contributed by atoms with van der Waals surface area (Å²) in [5.74, 6) is -0.140. The van der Waals surface area contributed by atoms with Gasteiger partial charge in [0.05, 0.1) is 10.6 Å². The first-order valence-electron chi connectivity index (χ1n) is 10.9. The molecule has 0 saturated heterocycles. The molecule has 0 fully saturated rings. The first-order valence-corrected chi connectivity index (χ1v) is 12.3. The van der Waals surface area contributed by atoms with E-state index in [4.69, 9.17) is 0 Å². The number of aryl methyl sites for hydroxylation is 2. The SMILES string of the molecule is CCc1ccc2c(c1)-c1ccccc1S(=O)(=O)N2CC(=O)Nc1c(C)cccc1C(C)C. The predicted molar refractivity (Wildman–Crippen MR) is 130 cm³/mol. The minimum Gasteiger partial charge on any atom is -0.324 e. The second-order valence-electron chi connectivity index (χ2n) is 8.45. The normalized spacial score (nSPS) is 14.1. The fraction of sp³-hybridized carbons (Fsp3) is 0.269. The van der Waals surface area contributed by atoms with Crippen molar-refractivity contribution in [1.29, 1.82) is 0 Å². The predicted octanol–water partition coefficient (Wildman–Crippen LogP) is 5.50. The molecule has 0 bridgehead atoms. The number of hydrogen-bond donors (Lipinski definition) is 1. The summed E-state index contributed by atoms with van der Waals surface area (Å²) in [6, 6.07) is 18.6. The lowest BCUT2D eigenvalue weighted by Crippen LogP contribution is -2.40. The Balaban J connectivity index is 1.74. The van der Waals surface area contributed by atoms with Crippen LogP contribution in [0.5, 0.6) is 0 Å². The van der Waals surface area contributed by atoms with Gasteiger partial charge in [-0.1, -0.05) is 63.2 Å². The molecule has 1 aliphatic heterocycles. The number of nitrogens with zero attached hydrogens (tertiary/aromatic N) is 1. The van der Waals surface area contributed by atoms with Crippen LogP contribution in [0, 0.1) is 6.92 Å². The van der Waals surface area contributed by atoms with Crippen molar-refractivity contribution in [3.8, 4) is 11.1 Å². The van der Waals surface area contributed by atoms with Crippen molar-refractivity contribution in [1.82, 2.24) is 0 Å². The number of rotatable bonds is 5. The largest absolute Gasteiger partial charge is 0.324 e. The Hall–Kier alpha value is -3.12. The van der Waals surface area contributed by atoms with E-state index in [0.717, 1.165) is 34.4 Å². The first-order chi connectivity index (χ1) is 15.2. The van der Waals surface area contributed by atoms with Gasteiger partial charge in [-0.3, -0.25) is 9.10 Å². The summed E-state index contributed by atoms with van der Waals surface area (Å²) in [7, 11) is -3.87. The fourth-order valence-corrected chi connectivity index (χ4v) is 5.87. The lowest BCUT2D eigenvalue weighted by Gasteiger charge is -2.32. The van der Waals surface area contributed by atoms with Crippen molar-refractivity contribution < 1.29 is 13.2 Å². The molecular formula is C26H28N2O3S. The number of fused-ring (bicyclic) bond motifs is 3. The Morgan fingerprint density at radius 2 is 1.75 bits per heavy atom. The van der Waals surface area contributed by atoms with Crippen LogP contribution in [0.15, 0.2) is 65.6 Å². The lowest BCUT2D eigenvalue weighted by atomic mass is 9.98. The summed E-state index contributed by atoms with van der Waals surface area (Å²) in [6.07, 6.45) is 0.841. The number of benzene rings is 3. The van der Waals surface area contributed by atoms with E-state index in [-0.39, 0.29) is 23.3 Å². The van der Waals surface area contributed by atoms with Gasteiger partial charge in [-0.25, -0.2) is 8.42 Å². The smallest absolute Gasteiger partial charge is 0.265 e. The molecule has 0 saturated carbocycles. The summed E-state index contributed by atoms with van der Waals surface area (Å²) < 4.78 is 28.2. The molecule has 1 amide bonds. The van der Waals surface area contributed by atoms with E-state index in [1.54, 1.807) is 12.1 Å². The van der Waals surface area contributed by atoms with E-state index in [9.17, 15) is 13.2 Å². The molecule has 0 spiro atoms. The van der Waals surface area contributed by atoms with Crippen molar-refractivity contribution in [3.05, 3.63) is 77.4 Å². The Labute approximate surface area is 190 Å². The van der Waals surface area contributed by atoms with E-state index < -0.39 is 10.0 Å². The quantitative estimate of drug-likeness (QED) is 0.561. The maximum atomic E-state index is 13.5. The fourth-order valence-electron chi connectivity index (χ4n) is 4.22. The van der Waals surface area contributed by atoms with Crippen LogP contribution < -0.4 is 9.62 Å². The number of amides is 1. The van der Waals surface area contributed by atoms with Gasteiger partial charge in [0.1, 0.15) is 6.54 Å². The van der Waals surface area contributed by atoms with Crippen LogP contribution in [-0.4, -0.2) is 20.9 Å². The molecule has 0 aliphatic carbocycles. The highest BCUT2D eigenvalue weighted by Crippen LogP contribution is 2.43. The van der Waals surface area contributed by atoms with E-state index in [0.29, 0.717) is 11.3 Å². The number of carbonyl (C=O) groups is 1. The third kappa shape index (κ3) is 3.79. The molecule has 32 heavy (non-hydrogen) atoms. The minimum atomic E-state index is -3.87. The van der Waals surface area contributed by atoms with Crippen molar-refractivity contribution in [2.45, 2.75) is 44.9 Å². The van der Waals surface area contributed by atoms with Gasteiger partial charge in [-0.15, -0.1) is 0 Å². The molecule has 1 aliphatic rings. The van der Waals surface area contributed by atoms with Gasteiger partial charge in [0.15, 0.2) is 0 Å². The number of nitrogens with one attached hydrogen (secondary N) is 1. The average molecular weight is 449 g/mol. The molecule has 1 N–H and O–H groups in total. The van der Waals surface area contributed by atoms with E-state index in [2.05, 4.69) is 26.1 Å². The van der Waals surface area contributed by atoms with Gasteiger partial charge in [0, 0.05) is 16.8 Å². The lowest BCUT2D eigenvalue weighted by molar-refractivity contribution is -0.114. The van der Waals surface area contributed by atoms with E-state index in [1.165, 1.54) is 4.31 Å². The summed E-state index contributed by atoms with van der Waals surface area (Å²) in [4.78, 5) is 13.4. The second kappa shape index (κ2) is 8.43. The van der Waals surface area contributed by atoms with Crippen LogP contribution in [-0.2, 0) is 21.2 Å². The average Bonchev–Trinajstić information content (AvgIpc) is 2.77. The number of para-hydroxylation sites is 1. The Morgan fingerprint density at radius 3 is 2.47 bits per heavy atom. The van der Waals surface area contributed by atoms with Gasteiger partial charge < -0.3 is 5.32 Å². The van der Waals surface area contributed by atoms with Gasteiger partial charge in [-0.2, -0.15) is 0 Å². The molecule has 0 radical (unpaired) electrons. The first kappa shape index (κ1) is 22.1. The standard InChI is InChI=1S/C26H28N2O3S/c1-5-19-13-14-23-22(15-19)21-10-6-7-12-24(21)32(30,31)28(23)16-25(29)27-26-18(4)9-8-11-20(26)17(2)3/h6-15,17H,5,16H2,1-4H3,(H,27,29). The molecule has 0 aromatic heterocycles. The molecule has 4 rings (SSSR count). The zero-order chi connectivity index (χ0) is 23.0. The number of sulfonamides is 1. The highest BCUT2D eigenvalue weighted by atomic mass is 32.2. The second-order valence-corrected chi connectivity index (χ2v) is 10.3. The highest BCUT2D eigenvalue weighted by molar-refractivity contribution is 7.93. The van der Waals surface area contributed by atoms with Gasteiger partial charge >= 0.3 is 0 Å².